The number of halogens is 1. The summed E-state index contributed by atoms with van der Waals surface area (Å²) in [5.41, 5.74) is -0.480. The van der Waals surface area contributed by atoms with Crippen molar-refractivity contribution in [1.29, 1.82) is 0 Å². The molecule has 0 radical (unpaired) electrons. The molecule has 1 heterocycles. The summed E-state index contributed by atoms with van der Waals surface area (Å²) in [6, 6.07) is 4.49. The van der Waals surface area contributed by atoms with Crippen LogP contribution >= 0.6 is 15.9 Å². The minimum Gasteiger partial charge on any atom is -0.478 e. The number of carboxylic acids is 1. The van der Waals surface area contributed by atoms with E-state index >= 15 is 0 Å². The molecule has 1 aromatic rings. The van der Waals surface area contributed by atoms with Crippen LogP contribution in [0.1, 0.15) is 41.5 Å². The first-order valence-corrected chi connectivity index (χ1v) is 8.68. The van der Waals surface area contributed by atoms with E-state index < -0.39 is 17.7 Å². The van der Waals surface area contributed by atoms with Crippen LogP contribution in [0.2, 0.25) is 0 Å². The van der Waals surface area contributed by atoms with Gasteiger partial charge in [0.05, 0.1) is 11.1 Å². The first kappa shape index (κ1) is 19.2. The van der Waals surface area contributed by atoms with Gasteiger partial charge in [-0.3, -0.25) is 4.79 Å². The molecule has 0 atom stereocenters. The van der Waals surface area contributed by atoms with Gasteiger partial charge in [-0.15, -0.1) is 0 Å². The molecule has 136 valence electrons. The molecule has 0 bridgehead atoms. The van der Waals surface area contributed by atoms with Gasteiger partial charge in [0.2, 0.25) is 0 Å². The van der Waals surface area contributed by atoms with Crippen molar-refractivity contribution in [2.75, 3.05) is 26.2 Å². The molecule has 0 aliphatic carbocycles. The Kier molecular flexibility index (Phi) is 5.72. The molecule has 2 amide bonds. The van der Waals surface area contributed by atoms with Crippen molar-refractivity contribution in [1.82, 2.24) is 9.80 Å². The molecule has 1 aliphatic rings. The fourth-order valence-electron chi connectivity index (χ4n) is 2.47. The van der Waals surface area contributed by atoms with Gasteiger partial charge in [0.1, 0.15) is 5.60 Å². The number of carboxylic acid groups (broad SMARTS) is 1. The Bertz CT molecular complexity index is 691. The molecular formula is C17H21BrN2O5. The average molecular weight is 413 g/mol. The van der Waals surface area contributed by atoms with E-state index in [4.69, 9.17) is 4.74 Å². The molecule has 0 unspecified atom stereocenters. The standard InChI is InChI=1S/C17H21BrN2O5/c1-17(2,3)25-16(24)20-8-6-19(7-9-20)14(21)13-10-11(18)4-5-12(13)15(22)23/h4-5,10H,6-9H2,1-3H3,(H,22,23). The summed E-state index contributed by atoms with van der Waals surface area (Å²) in [5.74, 6) is -1.51. The second-order valence-electron chi connectivity index (χ2n) is 6.75. The molecule has 0 spiro atoms. The molecule has 7 nitrogen and oxygen atoms in total. The highest BCUT2D eigenvalue weighted by Gasteiger charge is 2.29. The van der Waals surface area contributed by atoms with Crippen LogP contribution in [0.4, 0.5) is 4.79 Å². The summed E-state index contributed by atoms with van der Waals surface area (Å²) in [5, 5.41) is 9.27. The maximum absolute atomic E-state index is 12.7. The number of amides is 2. The van der Waals surface area contributed by atoms with Crippen LogP contribution < -0.4 is 0 Å². The van der Waals surface area contributed by atoms with Gasteiger partial charge in [-0.25, -0.2) is 9.59 Å². The van der Waals surface area contributed by atoms with Gasteiger partial charge in [0.25, 0.3) is 5.91 Å². The largest absolute Gasteiger partial charge is 0.478 e. The van der Waals surface area contributed by atoms with E-state index in [9.17, 15) is 19.5 Å². The summed E-state index contributed by atoms with van der Waals surface area (Å²) in [7, 11) is 0. The normalized spacial score (nSPS) is 15.0. The summed E-state index contributed by atoms with van der Waals surface area (Å²) >= 11 is 3.26. The zero-order chi connectivity index (χ0) is 18.8. The number of carbonyl (C=O) groups excluding carboxylic acids is 2. The first-order valence-electron chi connectivity index (χ1n) is 7.88. The molecule has 1 aromatic carbocycles. The fourth-order valence-corrected chi connectivity index (χ4v) is 2.83. The minimum absolute atomic E-state index is 0.0391. The van der Waals surface area contributed by atoms with Gasteiger partial charge < -0.3 is 19.6 Å². The predicted molar refractivity (Wildman–Crippen MR) is 94.8 cm³/mol. The number of nitrogens with zero attached hydrogens (tertiary/aromatic N) is 2. The lowest BCUT2D eigenvalue weighted by Gasteiger charge is -2.35. The van der Waals surface area contributed by atoms with Crippen LogP contribution in [-0.4, -0.2) is 64.7 Å². The number of hydrogen-bond acceptors (Lipinski definition) is 4. The Morgan fingerprint density at radius 1 is 1.04 bits per heavy atom. The summed E-state index contributed by atoms with van der Waals surface area (Å²) in [4.78, 5) is 39.2. The van der Waals surface area contributed by atoms with Crippen LogP contribution in [0.25, 0.3) is 0 Å². The predicted octanol–water partition coefficient (Wildman–Crippen LogP) is 2.84. The molecule has 1 fully saturated rings. The quantitative estimate of drug-likeness (QED) is 0.806. The Morgan fingerprint density at radius 2 is 1.60 bits per heavy atom. The first-order chi connectivity index (χ1) is 11.6. The number of aromatic carboxylic acids is 1. The highest BCUT2D eigenvalue weighted by atomic mass is 79.9. The Labute approximate surface area is 154 Å². The molecule has 1 saturated heterocycles. The number of rotatable bonds is 2. The van der Waals surface area contributed by atoms with E-state index in [0.717, 1.165) is 0 Å². The zero-order valence-electron chi connectivity index (χ0n) is 14.4. The van der Waals surface area contributed by atoms with Crippen LogP contribution in [0, 0.1) is 0 Å². The number of benzene rings is 1. The van der Waals surface area contributed by atoms with Crippen LogP contribution in [-0.2, 0) is 4.74 Å². The smallest absolute Gasteiger partial charge is 0.410 e. The fraction of sp³-hybridized carbons (Fsp3) is 0.471. The molecule has 1 aliphatic heterocycles. The van der Waals surface area contributed by atoms with Gasteiger partial charge >= 0.3 is 12.1 Å². The van der Waals surface area contributed by atoms with E-state index in [2.05, 4.69) is 15.9 Å². The lowest BCUT2D eigenvalue weighted by molar-refractivity contribution is 0.0141. The molecule has 2 rings (SSSR count). The second-order valence-corrected chi connectivity index (χ2v) is 7.67. The molecule has 0 aromatic heterocycles. The molecule has 25 heavy (non-hydrogen) atoms. The average Bonchev–Trinajstić information content (AvgIpc) is 2.52. The van der Waals surface area contributed by atoms with E-state index in [1.807, 2.05) is 0 Å². The van der Waals surface area contributed by atoms with E-state index in [-0.39, 0.29) is 17.0 Å². The monoisotopic (exact) mass is 412 g/mol. The molecule has 0 saturated carbocycles. The van der Waals surface area contributed by atoms with E-state index in [0.29, 0.717) is 30.7 Å². The number of hydrogen-bond donors (Lipinski definition) is 1. The summed E-state index contributed by atoms with van der Waals surface area (Å²) < 4.78 is 5.96. The third-order valence-corrected chi connectivity index (χ3v) is 4.15. The van der Waals surface area contributed by atoms with Crippen LogP contribution in [0.15, 0.2) is 22.7 Å². The Hall–Kier alpha value is -2.09. The second kappa shape index (κ2) is 7.43. The SMILES string of the molecule is CC(C)(C)OC(=O)N1CCN(C(=O)c2cc(Br)ccc2C(=O)O)CC1. The van der Waals surface area contributed by atoms with Gasteiger partial charge in [0.15, 0.2) is 0 Å². The Morgan fingerprint density at radius 3 is 2.12 bits per heavy atom. The maximum atomic E-state index is 12.7. The number of ether oxygens (including phenoxy) is 1. The van der Waals surface area contributed by atoms with Gasteiger partial charge in [-0.1, -0.05) is 15.9 Å². The van der Waals surface area contributed by atoms with Crippen molar-refractivity contribution >= 4 is 33.9 Å². The Balaban J connectivity index is 2.06. The highest BCUT2D eigenvalue weighted by Crippen LogP contribution is 2.20. The van der Waals surface area contributed by atoms with Gasteiger partial charge in [-0.05, 0) is 39.0 Å². The molecular weight excluding hydrogens is 392 g/mol. The third-order valence-electron chi connectivity index (χ3n) is 3.66. The highest BCUT2D eigenvalue weighted by molar-refractivity contribution is 9.10. The van der Waals surface area contributed by atoms with Crippen molar-refractivity contribution in [3.05, 3.63) is 33.8 Å². The molecule has 1 N–H and O–H groups in total. The van der Waals surface area contributed by atoms with Crippen LogP contribution in [0.5, 0.6) is 0 Å². The topological polar surface area (TPSA) is 87.2 Å². The van der Waals surface area contributed by atoms with Crippen LogP contribution in [0.3, 0.4) is 0 Å². The van der Waals surface area contributed by atoms with Gasteiger partial charge in [0, 0.05) is 30.7 Å². The van der Waals surface area contributed by atoms with Crippen molar-refractivity contribution in [3.8, 4) is 0 Å². The minimum atomic E-state index is -1.15. The molecule has 8 heteroatoms. The van der Waals surface area contributed by atoms with Crippen molar-refractivity contribution in [3.63, 3.8) is 0 Å². The summed E-state index contributed by atoms with van der Waals surface area (Å²) in [6.07, 6.45) is -0.409. The van der Waals surface area contributed by atoms with Crippen molar-refractivity contribution in [2.45, 2.75) is 26.4 Å². The van der Waals surface area contributed by atoms with E-state index in [1.54, 1.807) is 36.6 Å². The van der Waals surface area contributed by atoms with E-state index in [1.165, 1.54) is 12.1 Å². The van der Waals surface area contributed by atoms with Crippen molar-refractivity contribution in [2.24, 2.45) is 0 Å². The number of piperazine rings is 1. The van der Waals surface area contributed by atoms with Crippen molar-refractivity contribution < 1.29 is 24.2 Å². The zero-order valence-corrected chi connectivity index (χ0v) is 16.0. The maximum Gasteiger partial charge on any atom is 0.410 e. The summed E-state index contributed by atoms with van der Waals surface area (Å²) in [6.45, 7) is 6.73. The number of carbonyl (C=O) groups is 3. The third kappa shape index (κ3) is 4.94. The van der Waals surface area contributed by atoms with Gasteiger partial charge in [-0.2, -0.15) is 0 Å². The lowest BCUT2D eigenvalue weighted by Crippen LogP contribution is -2.51. The lowest BCUT2D eigenvalue weighted by atomic mass is 10.1.